The third kappa shape index (κ3) is 8.47. The van der Waals surface area contributed by atoms with Crippen LogP contribution in [-0.4, -0.2) is 23.6 Å². The molecule has 3 heteroatoms. The second-order valence-electron chi connectivity index (χ2n) is 5.33. The topological polar surface area (TPSA) is 3.24 Å². The SMILES string of the molecule is C=C/C=C1/CN(CC(F)C(C)(C)C)S/C1=C/C.CC.CC. The van der Waals surface area contributed by atoms with Crippen molar-refractivity contribution in [2.24, 2.45) is 5.41 Å². The molecule has 1 atom stereocenters. The van der Waals surface area contributed by atoms with Gasteiger partial charge in [-0.1, -0.05) is 73.3 Å². The van der Waals surface area contributed by atoms with Gasteiger partial charge in [0, 0.05) is 18.0 Å². The number of hydrogen-bond donors (Lipinski definition) is 0. The highest BCUT2D eigenvalue weighted by Gasteiger charge is 2.30. The van der Waals surface area contributed by atoms with E-state index in [1.807, 2.05) is 61.5 Å². The molecule has 1 saturated heterocycles. The smallest absolute Gasteiger partial charge is 0.118 e. The van der Waals surface area contributed by atoms with Gasteiger partial charge in [0.25, 0.3) is 0 Å². The van der Waals surface area contributed by atoms with E-state index in [1.165, 1.54) is 10.5 Å². The number of nitrogens with zero attached hydrogens (tertiary/aromatic N) is 1. The van der Waals surface area contributed by atoms with Crippen molar-refractivity contribution in [3.8, 4) is 0 Å². The minimum Gasteiger partial charge on any atom is -0.245 e. The lowest BCUT2D eigenvalue weighted by atomic mass is 9.90. The molecule has 1 nitrogen and oxygen atoms in total. The molecule has 0 aromatic carbocycles. The van der Waals surface area contributed by atoms with Crippen LogP contribution in [-0.2, 0) is 0 Å². The van der Waals surface area contributed by atoms with Gasteiger partial charge in [-0.2, -0.15) is 0 Å². The Bertz CT molecular complexity index is 340. The molecule has 0 amide bonds. The first-order valence-electron chi connectivity index (χ1n) is 7.93. The monoisotopic (exact) mass is 315 g/mol. The number of alkyl halides is 1. The van der Waals surface area contributed by atoms with Crippen molar-refractivity contribution in [1.82, 2.24) is 4.31 Å². The first-order chi connectivity index (χ1) is 9.88. The molecule has 1 aliphatic rings. The van der Waals surface area contributed by atoms with Crippen LogP contribution in [0.1, 0.15) is 55.4 Å². The number of rotatable bonds is 3. The fourth-order valence-corrected chi connectivity index (χ4v) is 2.61. The predicted molar refractivity (Wildman–Crippen MR) is 98.2 cm³/mol. The Morgan fingerprint density at radius 3 is 2.19 bits per heavy atom. The van der Waals surface area contributed by atoms with Crippen LogP contribution in [0.4, 0.5) is 4.39 Å². The summed E-state index contributed by atoms with van der Waals surface area (Å²) in [5.74, 6) is 0. The summed E-state index contributed by atoms with van der Waals surface area (Å²) in [5.41, 5.74) is 0.940. The molecule has 0 spiro atoms. The molecular formula is C18H34FNS. The van der Waals surface area contributed by atoms with Crippen molar-refractivity contribution in [3.63, 3.8) is 0 Å². The van der Waals surface area contributed by atoms with E-state index in [-0.39, 0.29) is 5.41 Å². The second-order valence-corrected chi connectivity index (χ2v) is 6.47. The molecule has 0 bridgehead atoms. The van der Waals surface area contributed by atoms with E-state index < -0.39 is 6.17 Å². The molecular weight excluding hydrogens is 281 g/mol. The Hall–Kier alpha value is -0.540. The van der Waals surface area contributed by atoms with Gasteiger partial charge in [0.15, 0.2) is 0 Å². The average Bonchev–Trinajstić information content (AvgIpc) is 2.84. The fourth-order valence-electron chi connectivity index (χ4n) is 1.57. The molecule has 0 aliphatic carbocycles. The van der Waals surface area contributed by atoms with Crippen molar-refractivity contribution in [1.29, 1.82) is 0 Å². The zero-order valence-corrected chi connectivity index (χ0v) is 16.0. The van der Waals surface area contributed by atoms with Crippen LogP contribution in [0.2, 0.25) is 0 Å². The Balaban J connectivity index is 0. The van der Waals surface area contributed by atoms with E-state index in [1.54, 1.807) is 18.0 Å². The summed E-state index contributed by atoms with van der Waals surface area (Å²) in [6.45, 7) is 20.8. The molecule has 1 fully saturated rings. The normalized spacial score (nSPS) is 20.4. The van der Waals surface area contributed by atoms with Gasteiger partial charge in [-0.3, -0.25) is 0 Å². The van der Waals surface area contributed by atoms with Crippen LogP contribution in [0.5, 0.6) is 0 Å². The summed E-state index contributed by atoms with van der Waals surface area (Å²) in [7, 11) is 0. The molecule has 0 N–H and O–H groups in total. The molecule has 1 aliphatic heterocycles. The van der Waals surface area contributed by atoms with Crippen LogP contribution in [0.25, 0.3) is 0 Å². The Morgan fingerprint density at radius 1 is 1.29 bits per heavy atom. The van der Waals surface area contributed by atoms with E-state index in [0.29, 0.717) is 6.54 Å². The second kappa shape index (κ2) is 12.0. The van der Waals surface area contributed by atoms with E-state index in [4.69, 9.17) is 0 Å². The van der Waals surface area contributed by atoms with Crippen LogP contribution >= 0.6 is 11.9 Å². The maximum Gasteiger partial charge on any atom is 0.118 e. The van der Waals surface area contributed by atoms with Crippen molar-refractivity contribution in [2.75, 3.05) is 13.1 Å². The lowest BCUT2D eigenvalue weighted by Crippen LogP contribution is -2.32. The maximum atomic E-state index is 14.0. The molecule has 1 unspecified atom stereocenters. The molecule has 0 saturated carbocycles. The molecule has 0 radical (unpaired) electrons. The Kier molecular flexibility index (Phi) is 13.0. The minimum absolute atomic E-state index is 0.290. The largest absolute Gasteiger partial charge is 0.245 e. The Morgan fingerprint density at radius 2 is 1.81 bits per heavy atom. The lowest BCUT2D eigenvalue weighted by molar-refractivity contribution is 0.142. The lowest BCUT2D eigenvalue weighted by Gasteiger charge is -2.26. The van der Waals surface area contributed by atoms with Gasteiger partial charge < -0.3 is 0 Å². The summed E-state index contributed by atoms with van der Waals surface area (Å²) >= 11 is 1.64. The first kappa shape index (κ1) is 22.7. The number of allylic oxidation sites excluding steroid dienone is 3. The molecule has 21 heavy (non-hydrogen) atoms. The number of hydrogen-bond acceptors (Lipinski definition) is 2. The third-order valence-corrected chi connectivity index (χ3v) is 4.01. The Labute approximate surface area is 136 Å². The summed E-state index contributed by atoms with van der Waals surface area (Å²) in [5, 5.41) is 0. The van der Waals surface area contributed by atoms with Gasteiger partial charge in [0.2, 0.25) is 0 Å². The molecule has 0 aromatic rings. The average molecular weight is 316 g/mol. The van der Waals surface area contributed by atoms with Gasteiger partial charge in [-0.05, 0) is 29.9 Å². The summed E-state index contributed by atoms with van der Waals surface area (Å²) in [6, 6.07) is 0. The highest BCUT2D eigenvalue weighted by Crippen LogP contribution is 2.38. The summed E-state index contributed by atoms with van der Waals surface area (Å²) in [4.78, 5) is 1.21. The van der Waals surface area contributed by atoms with Crippen molar-refractivity contribution in [3.05, 3.63) is 35.3 Å². The van der Waals surface area contributed by atoms with Crippen molar-refractivity contribution >= 4 is 11.9 Å². The van der Waals surface area contributed by atoms with Crippen LogP contribution in [0.3, 0.4) is 0 Å². The first-order valence-corrected chi connectivity index (χ1v) is 8.71. The highest BCUT2D eigenvalue weighted by atomic mass is 32.2. The van der Waals surface area contributed by atoms with Crippen molar-refractivity contribution in [2.45, 2.75) is 61.6 Å². The van der Waals surface area contributed by atoms with Gasteiger partial charge >= 0.3 is 0 Å². The minimum atomic E-state index is -0.809. The standard InChI is InChI=1S/C14H22FNS.2C2H6/c1-6-8-11-9-16(17-12(11)7-2)10-13(15)14(3,4)5;2*1-2/h6-8,13H,1,9-10H2,2-5H3;2*1-2H3/b11-8-,12-7+;;. The van der Waals surface area contributed by atoms with Gasteiger partial charge in [0.05, 0.1) is 0 Å². The van der Waals surface area contributed by atoms with Crippen LogP contribution in [0.15, 0.2) is 35.3 Å². The molecule has 1 heterocycles. The van der Waals surface area contributed by atoms with Gasteiger partial charge in [0.1, 0.15) is 6.17 Å². The van der Waals surface area contributed by atoms with Crippen LogP contribution < -0.4 is 0 Å². The highest BCUT2D eigenvalue weighted by molar-refractivity contribution is 8.01. The maximum absolute atomic E-state index is 14.0. The molecule has 1 rings (SSSR count). The van der Waals surface area contributed by atoms with Gasteiger partial charge in [-0.15, -0.1) is 0 Å². The van der Waals surface area contributed by atoms with E-state index in [0.717, 1.165) is 6.54 Å². The number of halogens is 1. The zero-order valence-electron chi connectivity index (χ0n) is 15.2. The molecule has 0 aromatic heterocycles. The summed E-state index contributed by atoms with van der Waals surface area (Å²) in [6.07, 6.45) is 5.06. The van der Waals surface area contributed by atoms with Crippen molar-refractivity contribution < 1.29 is 4.39 Å². The van der Waals surface area contributed by atoms with E-state index in [2.05, 4.69) is 17.0 Å². The van der Waals surface area contributed by atoms with Gasteiger partial charge in [-0.25, -0.2) is 8.70 Å². The summed E-state index contributed by atoms with van der Waals surface area (Å²) < 4.78 is 16.1. The predicted octanol–water partition coefficient (Wildman–Crippen LogP) is 6.40. The fraction of sp³-hybridized carbons (Fsp3) is 0.667. The van der Waals surface area contributed by atoms with E-state index >= 15 is 0 Å². The zero-order chi connectivity index (χ0) is 17.1. The van der Waals surface area contributed by atoms with Crippen LogP contribution in [0, 0.1) is 5.41 Å². The van der Waals surface area contributed by atoms with E-state index in [9.17, 15) is 4.39 Å². The molecule has 124 valence electrons. The third-order valence-electron chi connectivity index (χ3n) is 2.78. The quantitative estimate of drug-likeness (QED) is 0.554.